The van der Waals surface area contributed by atoms with E-state index in [-0.39, 0.29) is 23.1 Å². The van der Waals surface area contributed by atoms with Gasteiger partial charge in [-0.05, 0) is 18.4 Å². The minimum Gasteiger partial charge on any atom is -0.341 e. The first kappa shape index (κ1) is 17.2. The minimum absolute atomic E-state index is 0.141. The Balaban J connectivity index is 1.58. The van der Waals surface area contributed by atoms with Gasteiger partial charge in [-0.25, -0.2) is 4.98 Å². The molecular weight excluding hydrogens is 350 g/mol. The number of nitrogens with zero attached hydrogens (tertiary/aromatic N) is 4. The summed E-state index contributed by atoms with van der Waals surface area (Å²) in [4.78, 5) is 34.6. The molecule has 0 spiro atoms. The number of hydrogen-bond donors (Lipinski definition) is 1. The lowest BCUT2D eigenvalue weighted by atomic mass is 9.80. The van der Waals surface area contributed by atoms with Crippen LogP contribution in [0.15, 0.2) is 17.5 Å². The average molecular weight is 373 g/mol. The number of nitrogens with one attached hydrogen (secondary N) is 1. The highest BCUT2D eigenvalue weighted by Gasteiger charge is 2.57. The van der Waals surface area contributed by atoms with Crippen molar-refractivity contribution >= 4 is 23.2 Å². The molecule has 0 aromatic carbocycles. The number of carbonyl (C=O) groups is 2. The number of fused-ring (bicyclic) bond motifs is 1. The molecular formula is C18H23N5O2S. The van der Waals surface area contributed by atoms with Gasteiger partial charge in [0.25, 0.3) is 0 Å². The van der Waals surface area contributed by atoms with Gasteiger partial charge in [-0.15, -0.1) is 11.3 Å². The van der Waals surface area contributed by atoms with Crippen LogP contribution in [0.5, 0.6) is 0 Å². The zero-order valence-electron chi connectivity index (χ0n) is 15.1. The molecule has 2 saturated heterocycles. The summed E-state index contributed by atoms with van der Waals surface area (Å²) in [7, 11) is 0. The molecule has 7 nitrogen and oxygen atoms in total. The SMILES string of the molecule is CCC(=O)N1C[C@H]2CN(C(=O)Cc3cccs3)C[C@@]2(c2n[nH]c(C)n2)C1. The van der Waals surface area contributed by atoms with Crippen LogP contribution in [0.1, 0.15) is 29.9 Å². The van der Waals surface area contributed by atoms with Crippen molar-refractivity contribution in [3.05, 3.63) is 34.0 Å². The molecule has 8 heteroatoms. The summed E-state index contributed by atoms with van der Waals surface area (Å²) < 4.78 is 0. The molecule has 0 radical (unpaired) electrons. The molecule has 4 heterocycles. The van der Waals surface area contributed by atoms with Gasteiger partial charge in [0.15, 0.2) is 5.82 Å². The van der Waals surface area contributed by atoms with Crippen LogP contribution in [0, 0.1) is 12.8 Å². The van der Waals surface area contributed by atoms with E-state index in [0.29, 0.717) is 39.0 Å². The largest absolute Gasteiger partial charge is 0.341 e. The quantitative estimate of drug-likeness (QED) is 0.877. The number of H-pyrrole nitrogens is 1. The zero-order chi connectivity index (χ0) is 18.3. The van der Waals surface area contributed by atoms with Crippen LogP contribution in [0.25, 0.3) is 0 Å². The maximum absolute atomic E-state index is 12.8. The van der Waals surface area contributed by atoms with Gasteiger partial charge in [0.05, 0.1) is 11.8 Å². The number of amides is 2. The Morgan fingerprint density at radius 1 is 1.31 bits per heavy atom. The van der Waals surface area contributed by atoms with E-state index in [1.54, 1.807) is 11.3 Å². The van der Waals surface area contributed by atoms with Gasteiger partial charge in [-0.2, -0.15) is 5.10 Å². The van der Waals surface area contributed by atoms with E-state index < -0.39 is 0 Å². The minimum atomic E-state index is -0.360. The van der Waals surface area contributed by atoms with Gasteiger partial charge in [-0.3, -0.25) is 14.7 Å². The smallest absolute Gasteiger partial charge is 0.227 e. The lowest BCUT2D eigenvalue weighted by Gasteiger charge is -2.26. The number of aryl methyl sites for hydroxylation is 1. The first-order valence-electron chi connectivity index (χ1n) is 8.99. The summed E-state index contributed by atoms with van der Waals surface area (Å²) >= 11 is 1.61. The molecule has 26 heavy (non-hydrogen) atoms. The molecule has 2 aliphatic heterocycles. The molecule has 4 rings (SSSR count). The molecule has 0 bridgehead atoms. The van der Waals surface area contributed by atoms with Crippen LogP contribution in [0.3, 0.4) is 0 Å². The number of likely N-dealkylation sites (tertiary alicyclic amines) is 2. The Labute approximate surface area is 156 Å². The Morgan fingerprint density at radius 2 is 2.04 bits per heavy atom. The van der Waals surface area contributed by atoms with E-state index in [4.69, 9.17) is 0 Å². The second-order valence-electron chi connectivity index (χ2n) is 7.26. The fourth-order valence-corrected chi connectivity index (χ4v) is 4.92. The summed E-state index contributed by atoms with van der Waals surface area (Å²) in [6, 6.07) is 3.97. The molecule has 138 valence electrons. The van der Waals surface area contributed by atoms with Crippen molar-refractivity contribution in [2.75, 3.05) is 26.2 Å². The Hall–Kier alpha value is -2.22. The number of hydrogen-bond acceptors (Lipinski definition) is 5. The highest BCUT2D eigenvalue weighted by molar-refractivity contribution is 7.10. The highest BCUT2D eigenvalue weighted by Crippen LogP contribution is 2.44. The molecule has 1 N–H and O–H groups in total. The van der Waals surface area contributed by atoms with E-state index in [2.05, 4.69) is 15.2 Å². The molecule has 0 unspecified atom stereocenters. The second-order valence-corrected chi connectivity index (χ2v) is 8.29. The molecule has 0 aliphatic carbocycles. The van der Waals surface area contributed by atoms with E-state index in [0.717, 1.165) is 16.5 Å². The molecule has 2 aliphatic rings. The molecule has 2 fully saturated rings. The van der Waals surface area contributed by atoms with E-state index in [1.165, 1.54) is 0 Å². The lowest BCUT2D eigenvalue weighted by Crippen LogP contribution is -2.42. The number of carbonyl (C=O) groups excluding carboxylic acids is 2. The summed E-state index contributed by atoms with van der Waals surface area (Å²) in [6.07, 6.45) is 0.932. The van der Waals surface area contributed by atoms with Crippen LogP contribution >= 0.6 is 11.3 Å². The monoisotopic (exact) mass is 373 g/mol. The van der Waals surface area contributed by atoms with Crippen molar-refractivity contribution in [1.29, 1.82) is 0 Å². The van der Waals surface area contributed by atoms with Crippen molar-refractivity contribution in [2.24, 2.45) is 5.92 Å². The van der Waals surface area contributed by atoms with Crippen molar-refractivity contribution in [3.63, 3.8) is 0 Å². The van der Waals surface area contributed by atoms with E-state index in [9.17, 15) is 9.59 Å². The van der Waals surface area contributed by atoms with Crippen molar-refractivity contribution in [2.45, 2.75) is 32.1 Å². The van der Waals surface area contributed by atoms with Gasteiger partial charge in [-0.1, -0.05) is 13.0 Å². The van der Waals surface area contributed by atoms with Gasteiger partial charge in [0.1, 0.15) is 5.82 Å². The van der Waals surface area contributed by atoms with Crippen molar-refractivity contribution in [3.8, 4) is 0 Å². The number of thiophene rings is 1. The maximum atomic E-state index is 12.8. The zero-order valence-corrected chi connectivity index (χ0v) is 15.9. The van der Waals surface area contributed by atoms with E-state index >= 15 is 0 Å². The van der Waals surface area contributed by atoms with Gasteiger partial charge in [0.2, 0.25) is 11.8 Å². The van der Waals surface area contributed by atoms with Crippen LogP contribution in [0.2, 0.25) is 0 Å². The summed E-state index contributed by atoms with van der Waals surface area (Å²) in [5.74, 6) is 1.97. The van der Waals surface area contributed by atoms with Crippen LogP contribution in [-0.4, -0.2) is 63.0 Å². The van der Waals surface area contributed by atoms with Crippen molar-refractivity contribution < 1.29 is 9.59 Å². The Morgan fingerprint density at radius 3 is 2.62 bits per heavy atom. The number of aromatic amines is 1. The number of aromatic nitrogens is 3. The molecule has 2 aromatic heterocycles. The fraction of sp³-hybridized carbons (Fsp3) is 0.556. The third-order valence-corrected chi connectivity index (χ3v) is 6.44. The molecule has 2 amide bonds. The highest BCUT2D eigenvalue weighted by atomic mass is 32.1. The van der Waals surface area contributed by atoms with Gasteiger partial charge >= 0.3 is 0 Å². The van der Waals surface area contributed by atoms with Crippen molar-refractivity contribution in [1.82, 2.24) is 25.0 Å². The number of rotatable bonds is 4. The molecule has 0 saturated carbocycles. The first-order valence-corrected chi connectivity index (χ1v) is 9.87. The lowest BCUT2D eigenvalue weighted by molar-refractivity contribution is -0.131. The predicted molar refractivity (Wildman–Crippen MR) is 97.8 cm³/mol. The van der Waals surface area contributed by atoms with Gasteiger partial charge in [0, 0.05) is 43.4 Å². The first-order chi connectivity index (χ1) is 12.5. The third-order valence-electron chi connectivity index (χ3n) is 5.56. The summed E-state index contributed by atoms with van der Waals surface area (Å²) in [6.45, 7) is 6.25. The summed E-state index contributed by atoms with van der Waals surface area (Å²) in [5, 5.41) is 9.33. The summed E-state index contributed by atoms with van der Waals surface area (Å²) in [5.41, 5.74) is -0.360. The standard InChI is InChI=1S/C18H23N5O2S/c1-3-15(24)22-8-13-9-23(16(25)7-14-5-4-6-26-14)11-18(13,10-22)17-19-12(2)20-21-17/h4-6,13H,3,7-11H2,1-2H3,(H,19,20,21)/t13-,18-/m0/s1. The third kappa shape index (κ3) is 2.82. The Bertz CT molecular complexity index is 817. The van der Waals surface area contributed by atoms with Crippen LogP contribution in [-0.2, 0) is 21.4 Å². The fourth-order valence-electron chi connectivity index (χ4n) is 4.22. The molecule has 2 atom stereocenters. The maximum Gasteiger partial charge on any atom is 0.227 e. The Kier molecular flexibility index (Phi) is 4.30. The van der Waals surface area contributed by atoms with Crippen LogP contribution < -0.4 is 0 Å². The normalized spacial score (nSPS) is 24.9. The second kappa shape index (κ2) is 6.50. The van der Waals surface area contributed by atoms with Crippen LogP contribution in [0.4, 0.5) is 0 Å². The van der Waals surface area contributed by atoms with E-state index in [1.807, 2.05) is 41.2 Å². The molecule has 2 aromatic rings. The average Bonchev–Trinajstić information content (AvgIpc) is 3.36. The van der Waals surface area contributed by atoms with Gasteiger partial charge < -0.3 is 9.80 Å². The predicted octanol–water partition coefficient (Wildman–Crippen LogP) is 1.37. The topological polar surface area (TPSA) is 82.2 Å².